The van der Waals surface area contributed by atoms with E-state index in [0.717, 1.165) is 24.3 Å². The molecule has 0 radical (unpaired) electrons. The van der Waals surface area contributed by atoms with Gasteiger partial charge in [-0.05, 0) is 28.2 Å². The van der Waals surface area contributed by atoms with Crippen LogP contribution in [0, 0.1) is 0 Å². The topological polar surface area (TPSA) is 43.1 Å². The van der Waals surface area contributed by atoms with Crippen molar-refractivity contribution in [3.05, 3.63) is 0 Å². The lowest BCUT2D eigenvalue weighted by molar-refractivity contribution is 0.595. The lowest BCUT2D eigenvalue weighted by atomic mass is 10.2. The molecule has 0 aromatic carbocycles. The van der Waals surface area contributed by atoms with E-state index in [-0.39, 0.29) is 6.04 Å². The summed E-state index contributed by atoms with van der Waals surface area (Å²) >= 11 is 0. The molecule has 0 saturated carbocycles. The van der Waals surface area contributed by atoms with E-state index in [0.29, 0.717) is 0 Å². The Hall–Kier alpha value is -0.0200. The van der Waals surface area contributed by atoms with Gasteiger partial charge in [0.2, 0.25) is 0 Å². The molecule has 0 unspecified atom stereocenters. The molecule has 1 saturated heterocycles. The van der Waals surface area contributed by atoms with Gasteiger partial charge in [0.05, 0.1) is 0 Å². The third kappa shape index (κ3) is 1.99. The maximum Gasteiger partial charge on any atom is 0.0173 e. The van der Waals surface area contributed by atoms with Crippen molar-refractivity contribution < 1.29 is 4.21 Å². The highest BCUT2D eigenvalue weighted by Gasteiger charge is 2.15. The van der Waals surface area contributed by atoms with Gasteiger partial charge in [-0.15, -0.1) is 0 Å². The SMILES string of the molecule is C=S1(=O)CCC(N)CC1. The summed E-state index contributed by atoms with van der Waals surface area (Å²) < 4.78 is 11.2. The fraction of sp³-hybridized carbons (Fsp3) is 0.833. The molecule has 54 valence electrons. The standard InChI is InChI=1S/C6H13NOS/c1-9(8)4-2-6(7)3-5-9/h6H,1-5,7H2. The monoisotopic (exact) mass is 147 g/mol. The third-order valence-corrected chi connectivity index (χ3v) is 3.68. The summed E-state index contributed by atoms with van der Waals surface area (Å²) in [7, 11) is -1.70. The van der Waals surface area contributed by atoms with Crippen molar-refractivity contribution in [2.45, 2.75) is 18.9 Å². The predicted octanol–water partition coefficient (Wildman–Crippen LogP) is -0.176. The summed E-state index contributed by atoms with van der Waals surface area (Å²) in [6, 6.07) is 0.279. The van der Waals surface area contributed by atoms with Crippen LogP contribution in [-0.2, 0) is 9.52 Å². The maximum atomic E-state index is 11.2. The lowest BCUT2D eigenvalue weighted by Crippen LogP contribution is -2.32. The summed E-state index contributed by atoms with van der Waals surface area (Å²) in [4.78, 5) is 0. The van der Waals surface area contributed by atoms with Crippen LogP contribution in [0.2, 0.25) is 0 Å². The predicted molar refractivity (Wildman–Crippen MR) is 42.2 cm³/mol. The molecule has 9 heavy (non-hydrogen) atoms. The first kappa shape index (κ1) is 7.09. The van der Waals surface area contributed by atoms with Crippen LogP contribution in [0.4, 0.5) is 0 Å². The van der Waals surface area contributed by atoms with Gasteiger partial charge < -0.3 is 5.73 Å². The average molecular weight is 147 g/mol. The quantitative estimate of drug-likeness (QED) is 0.483. The fourth-order valence-electron chi connectivity index (χ4n) is 0.979. The molecule has 2 N–H and O–H groups in total. The summed E-state index contributed by atoms with van der Waals surface area (Å²) in [5, 5.41) is 0. The van der Waals surface area contributed by atoms with Gasteiger partial charge in [-0.1, -0.05) is 0 Å². The average Bonchev–Trinajstić information content (AvgIpc) is 1.78. The van der Waals surface area contributed by atoms with E-state index in [9.17, 15) is 4.21 Å². The van der Waals surface area contributed by atoms with Crippen molar-refractivity contribution in [1.29, 1.82) is 0 Å². The van der Waals surface area contributed by atoms with Crippen molar-refractivity contribution >= 4 is 15.4 Å². The fourth-order valence-corrected chi connectivity index (χ4v) is 2.65. The number of hydrogen-bond donors (Lipinski definition) is 1. The van der Waals surface area contributed by atoms with E-state index in [1.807, 2.05) is 0 Å². The Bertz CT molecular complexity index is 169. The Kier molecular flexibility index (Phi) is 1.82. The first-order valence-electron chi connectivity index (χ1n) is 3.18. The number of hydrogen-bond acceptors (Lipinski definition) is 2. The van der Waals surface area contributed by atoms with Crippen molar-refractivity contribution in [2.75, 3.05) is 11.5 Å². The maximum absolute atomic E-state index is 11.2. The Labute approximate surface area is 56.4 Å². The molecule has 0 bridgehead atoms. The van der Waals surface area contributed by atoms with E-state index in [4.69, 9.17) is 5.73 Å². The Morgan fingerprint density at radius 2 is 1.89 bits per heavy atom. The van der Waals surface area contributed by atoms with Crippen LogP contribution < -0.4 is 5.73 Å². The highest BCUT2D eigenvalue weighted by molar-refractivity contribution is 8.00. The largest absolute Gasteiger partial charge is 0.328 e. The zero-order valence-corrected chi connectivity index (χ0v) is 6.32. The van der Waals surface area contributed by atoms with E-state index >= 15 is 0 Å². The second kappa shape index (κ2) is 2.31. The van der Waals surface area contributed by atoms with E-state index in [1.165, 1.54) is 0 Å². The lowest BCUT2D eigenvalue weighted by Gasteiger charge is -2.20. The van der Waals surface area contributed by atoms with Crippen LogP contribution in [0.1, 0.15) is 12.8 Å². The molecule has 1 aliphatic heterocycles. The minimum atomic E-state index is -1.70. The van der Waals surface area contributed by atoms with Crippen LogP contribution in [0.15, 0.2) is 0 Å². The minimum Gasteiger partial charge on any atom is -0.328 e. The molecule has 3 heteroatoms. The summed E-state index contributed by atoms with van der Waals surface area (Å²) in [5.74, 6) is 5.10. The number of nitrogens with two attached hydrogens (primary N) is 1. The molecule has 1 fully saturated rings. The van der Waals surface area contributed by atoms with Gasteiger partial charge in [0.1, 0.15) is 0 Å². The Balaban J connectivity index is 2.55. The highest BCUT2D eigenvalue weighted by atomic mass is 32.2. The summed E-state index contributed by atoms with van der Waals surface area (Å²) in [6.45, 7) is 0. The summed E-state index contributed by atoms with van der Waals surface area (Å²) in [5.41, 5.74) is 5.60. The zero-order chi connectivity index (χ0) is 6.91. The van der Waals surface area contributed by atoms with Crippen LogP contribution in [-0.4, -0.2) is 27.6 Å². The molecule has 1 rings (SSSR count). The van der Waals surface area contributed by atoms with Crippen LogP contribution in [0.25, 0.3) is 0 Å². The van der Waals surface area contributed by atoms with Crippen LogP contribution in [0.5, 0.6) is 0 Å². The number of rotatable bonds is 0. The van der Waals surface area contributed by atoms with Crippen molar-refractivity contribution in [3.63, 3.8) is 0 Å². The normalized spacial score (nSPS) is 44.8. The molecule has 0 atom stereocenters. The highest BCUT2D eigenvalue weighted by Crippen LogP contribution is 2.09. The van der Waals surface area contributed by atoms with Gasteiger partial charge in [0, 0.05) is 17.5 Å². The van der Waals surface area contributed by atoms with Crippen LogP contribution >= 0.6 is 0 Å². The molecule has 1 heterocycles. The first-order valence-corrected chi connectivity index (χ1v) is 5.25. The molecule has 0 aromatic rings. The smallest absolute Gasteiger partial charge is 0.0173 e. The molecule has 0 aromatic heterocycles. The molecule has 0 spiro atoms. The second-order valence-corrected chi connectivity index (χ2v) is 5.46. The van der Waals surface area contributed by atoms with Crippen molar-refractivity contribution in [1.82, 2.24) is 0 Å². The molecule has 2 nitrogen and oxygen atoms in total. The Morgan fingerprint density at radius 1 is 1.44 bits per heavy atom. The van der Waals surface area contributed by atoms with Crippen molar-refractivity contribution in [3.8, 4) is 0 Å². The van der Waals surface area contributed by atoms with E-state index < -0.39 is 9.52 Å². The Morgan fingerprint density at radius 3 is 2.22 bits per heavy atom. The van der Waals surface area contributed by atoms with E-state index in [1.54, 1.807) is 0 Å². The van der Waals surface area contributed by atoms with Gasteiger partial charge in [-0.25, -0.2) is 0 Å². The third-order valence-electron chi connectivity index (χ3n) is 1.72. The van der Waals surface area contributed by atoms with E-state index in [2.05, 4.69) is 5.87 Å². The van der Waals surface area contributed by atoms with Gasteiger partial charge >= 0.3 is 0 Å². The second-order valence-electron chi connectivity index (χ2n) is 2.71. The molecule has 0 amide bonds. The first-order chi connectivity index (χ1) is 4.10. The zero-order valence-electron chi connectivity index (χ0n) is 5.51. The molecule has 0 aliphatic carbocycles. The van der Waals surface area contributed by atoms with Gasteiger partial charge in [0.15, 0.2) is 0 Å². The molecular weight excluding hydrogens is 134 g/mol. The summed E-state index contributed by atoms with van der Waals surface area (Å²) in [6.07, 6.45) is 1.78. The molecular formula is C6H13NOS. The minimum absolute atomic E-state index is 0.279. The van der Waals surface area contributed by atoms with Gasteiger partial charge in [0.25, 0.3) is 0 Å². The molecule has 1 aliphatic rings. The van der Waals surface area contributed by atoms with Gasteiger partial charge in [-0.3, -0.25) is 4.21 Å². The van der Waals surface area contributed by atoms with Crippen molar-refractivity contribution in [2.24, 2.45) is 5.73 Å². The van der Waals surface area contributed by atoms with Crippen LogP contribution in [0.3, 0.4) is 0 Å². The van der Waals surface area contributed by atoms with Gasteiger partial charge in [-0.2, -0.15) is 0 Å².